The fourth-order valence-corrected chi connectivity index (χ4v) is 1.47. The first-order valence-corrected chi connectivity index (χ1v) is 4.47. The van der Waals surface area contributed by atoms with Crippen molar-refractivity contribution >= 4 is 6.09 Å². The molecule has 82 valence electrons. The van der Waals surface area contributed by atoms with Crippen molar-refractivity contribution < 1.29 is 19.4 Å². The van der Waals surface area contributed by atoms with Crippen molar-refractivity contribution in [1.29, 1.82) is 0 Å². The normalized spacial score (nSPS) is 30.2. The minimum Gasteiger partial charge on any atom is -0.465 e. The van der Waals surface area contributed by atoms with Crippen LogP contribution in [0.1, 0.15) is 13.8 Å². The van der Waals surface area contributed by atoms with Crippen LogP contribution in [0.15, 0.2) is 0 Å². The molecule has 0 aromatic heterocycles. The highest BCUT2D eigenvalue weighted by atomic mass is 16.8. The molecule has 0 radical (unpaired) electrons. The predicted octanol–water partition coefficient (Wildman–Crippen LogP) is -0.267. The van der Waals surface area contributed by atoms with Gasteiger partial charge in [0.2, 0.25) is 0 Å². The lowest BCUT2D eigenvalue weighted by Crippen LogP contribution is -2.40. The Balaban J connectivity index is 2.47. The molecule has 0 unspecified atom stereocenters. The zero-order valence-corrected chi connectivity index (χ0v) is 8.32. The number of nitrogens with one attached hydrogen (secondary N) is 1. The van der Waals surface area contributed by atoms with Gasteiger partial charge in [-0.15, -0.1) is 0 Å². The van der Waals surface area contributed by atoms with E-state index in [0.717, 1.165) is 0 Å². The predicted molar refractivity (Wildman–Crippen MR) is 48.9 cm³/mol. The van der Waals surface area contributed by atoms with E-state index in [9.17, 15) is 4.79 Å². The molecule has 1 heterocycles. The lowest BCUT2D eigenvalue weighted by molar-refractivity contribution is -0.145. The molecule has 1 aliphatic rings. The van der Waals surface area contributed by atoms with Crippen LogP contribution >= 0.6 is 0 Å². The first-order chi connectivity index (χ1) is 6.44. The SMILES string of the molecule is CC1(C)O[C@@H](CN)[C@H](CNC(=O)O)O1. The molecular weight excluding hydrogens is 188 g/mol. The van der Waals surface area contributed by atoms with Crippen molar-refractivity contribution in [2.24, 2.45) is 5.73 Å². The highest BCUT2D eigenvalue weighted by Crippen LogP contribution is 2.27. The number of carbonyl (C=O) groups is 1. The fraction of sp³-hybridized carbons (Fsp3) is 0.875. The zero-order chi connectivity index (χ0) is 10.8. The van der Waals surface area contributed by atoms with Gasteiger partial charge in [-0.1, -0.05) is 0 Å². The molecule has 0 saturated carbocycles. The summed E-state index contributed by atoms with van der Waals surface area (Å²) in [4.78, 5) is 10.3. The number of amides is 1. The molecule has 14 heavy (non-hydrogen) atoms. The van der Waals surface area contributed by atoms with Crippen molar-refractivity contribution in [2.45, 2.75) is 31.8 Å². The van der Waals surface area contributed by atoms with Crippen molar-refractivity contribution in [3.63, 3.8) is 0 Å². The molecule has 1 aliphatic heterocycles. The van der Waals surface area contributed by atoms with Gasteiger partial charge < -0.3 is 25.6 Å². The van der Waals surface area contributed by atoms with Crippen molar-refractivity contribution in [3.05, 3.63) is 0 Å². The van der Waals surface area contributed by atoms with Gasteiger partial charge in [0.05, 0.1) is 0 Å². The van der Waals surface area contributed by atoms with Crippen molar-refractivity contribution in [1.82, 2.24) is 5.32 Å². The van der Waals surface area contributed by atoms with Gasteiger partial charge in [0, 0.05) is 13.1 Å². The number of nitrogens with two attached hydrogens (primary N) is 1. The lowest BCUT2D eigenvalue weighted by atomic mass is 10.2. The van der Waals surface area contributed by atoms with E-state index in [-0.39, 0.29) is 18.8 Å². The van der Waals surface area contributed by atoms with Crippen LogP contribution in [0.25, 0.3) is 0 Å². The lowest BCUT2D eigenvalue weighted by Gasteiger charge is -2.16. The Labute approximate surface area is 82.4 Å². The summed E-state index contributed by atoms with van der Waals surface area (Å²) in [5.74, 6) is -0.686. The minimum absolute atomic E-state index is 0.195. The summed E-state index contributed by atoms with van der Waals surface area (Å²) in [6.45, 7) is 4.06. The third kappa shape index (κ3) is 2.83. The summed E-state index contributed by atoms with van der Waals surface area (Å²) in [7, 11) is 0. The van der Waals surface area contributed by atoms with Gasteiger partial charge in [-0.2, -0.15) is 0 Å². The van der Waals surface area contributed by atoms with E-state index in [0.29, 0.717) is 6.54 Å². The monoisotopic (exact) mass is 204 g/mol. The first kappa shape index (κ1) is 11.2. The van der Waals surface area contributed by atoms with Crippen molar-refractivity contribution in [3.8, 4) is 0 Å². The van der Waals surface area contributed by atoms with Crippen LogP contribution in [0.2, 0.25) is 0 Å². The standard InChI is InChI=1S/C8H16N2O4/c1-8(2)13-5(3-9)6(14-8)4-10-7(11)12/h5-6,10H,3-4,9H2,1-2H3,(H,11,12)/t5-,6-/m0/s1. The summed E-state index contributed by atoms with van der Waals surface area (Å²) in [5.41, 5.74) is 5.47. The Hall–Kier alpha value is -0.850. The third-order valence-corrected chi connectivity index (χ3v) is 1.97. The molecule has 0 spiro atoms. The first-order valence-electron chi connectivity index (χ1n) is 4.47. The molecule has 1 rings (SSSR count). The van der Waals surface area contributed by atoms with E-state index < -0.39 is 11.9 Å². The Morgan fingerprint density at radius 1 is 1.50 bits per heavy atom. The summed E-state index contributed by atoms with van der Waals surface area (Å²) in [5, 5.41) is 10.7. The highest BCUT2D eigenvalue weighted by Gasteiger charge is 2.40. The Kier molecular flexibility index (Phi) is 3.30. The molecule has 4 N–H and O–H groups in total. The van der Waals surface area contributed by atoms with Crippen LogP contribution in [0.4, 0.5) is 4.79 Å². The van der Waals surface area contributed by atoms with Gasteiger partial charge >= 0.3 is 6.09 Å². The van der Waals surface area contributed by atoms with Crippen LogP contribution in [-0.4, -0.2) is 42.3 Å². The highest BCUT2D eigenvalue weighted by molar-refractivity contribution is 5.64. The smallest absolute Gasteiger partial charge is 0.404 e. The van der Waals surface area contributed by atoms with Crippen LogP contribution in [0.5, 0.6) is 0 Å². The summed E-state index contributed by atoms with van der Waals surface area (Å²) < 4.78 is 10.9. The molecule has 0 aliphatic carbocycles. The molecular formula is C8H16N2O4. The number of hydrogen-bond donors (Lipinski definition) is 3. The number of rotatable bonds is 3. The van der Waals surface area contributed by atoms with Crippen LogP contribution < -0.4 is 11.1 Å². The Morgan fingerprint density at radius 3 is 2.57 bits per heavy atom. The molecule has 6 nitrogen and oxygen atoms in total. The molecule has 2 atom stereocenters. The molecule has 1 saturated heterocycles. The second kappa shape index (κ2) is 4.12. The van der Waals surface area contributed by atoms with Crippen LogP contribution in [-0.2, 0) is 9.47 Å². The molecule has 1 fully saturated rings. The maximum Gasteiger partial charge on any atom is 0.404 e. The van der Waals surface area contributed by atoms with Gasteiger partial charge in [-0.25, -0.2) is 4.79 Å². The zero-order valence-electron chi connectivity index (χ0n) is 8.32. The molecule has 0 aromatic rings. The average molecular weight is 204 g/mol. The Bertz CT molecular complexity index is 219. The number of hydrogen-bond acceptors (Lipinski definition) is 4. The van der Waals surface area contributed by atoms with Gasteiger partial charge in [0.25, 0.3) is 0 Å². The van der Waals surface area contributed by atoms with Crippen LogP contribution in [0.3, 0.4) is 0 Å². The quantitative estimate of drug-likeness (QED) is 0.588. The van der Waals surface area contributed by atoms with Crippen LogP contribution in [0, 0.1) is 0 Å². The van der Waals surface area contributed by atoms with Crippen molar-refractivity contribution in [2.75, 3.05) is 13.1 Å². The van der Waals surface area contributed by atoms with Gasteiger partial charge in [-0.05, 0) is 13.8 Å². The van der Waals surface area contributed by atoms with E-state index >= 15 is 0 Å². The third-order valence-electron chi connectivity index (χ3n) is 1.97. The average Bonchev–Trinajstić information content (AvgIpc) is 2.37. The number of ether oxygens (including phenoxy) is 2. The molecule has 0 bridgehead atoms. The van der Waals surface area contributed by atoms with E-state index in [1.165, 1.54) is 0 Å². The van der Waals surface area contributed by atoms with E-state index in [1.807, 2.05) is 0 Å². The second-order valence-electron chi connectivity index (χ2n) is 3.63. The fourth-order valence-electron chi connectivity index (χ4n) is 1.47. The molecule has 6 heteroatoms. The maximum absolute atomic E-state index is 10.3. The van der Waals surface area contributed by atoms with Gasteiger partial charge in [0.1, 0.15) is 12.2 Å². The van der Waals surface area contributed by atoms with E-state index in [4.69, 9.17) is 20.3 Å². The van der Waals surface area contributed by atoms with Gasteiger partial charge in [0.15, 0.2) is 5.79 Å². The molecule has 1 amide bonds. The summed E-state index contributed by atoms with van der Waals surface area (Å²) >= 11 is 0. The maximum atomic E-state index is 10.3. The van der Waals surface area contributed by atoms with E-state index in [2.05, 4.69) is 5.32 Å². The van der Waals surface area contributed by atoms with E-state index in [1.54, 1.807) is 13.8 Å². The largest absolute Gasteiger partial charge is 0.465 e. The summed E-state index contributed by atoms with van der Waals surface area (Å²) in [6.07, 6.45) is -1.64. The second-order valence-corrected chi connectivity index (χ2v) is 3.63. The Morgan fingerprint density at radius 2 is 2.07 bits per heavy atom. The summed E-state index contributed by atoms with van der Waals surface area (Å²) in [6, 6.07) is 0. The van der Waals surface area contributed by atoms with Gasteiger partial charge in [-0.3, -0.25) is 0 Å². The topological polar surface area (TPSA) is 93.8 Å². The number of carboxylic acid groups (broad SMARTS) is 1. The minimum atomic E-state index is -1.07. The molecule has 0 aromatic carbocycles.